The molecular formula is C7H16N2O4S. The first-order valence-electron chi connectivity index (χ1n) is 4.36. The first kappa shape index (κ1) is 13.3. The van der Waals surface area contributed by atoms with Crippen LogP contribution in [0.15, 0.2) is 0 Å². The molecule has 0 aromatic heterocycles. The summed E-state index contributed by atoms with van der Waals surface area (Å²) in [5.41, 5.74) is 0. The second-order valence-corrected chi connectivity index (χ2v) is 4.51. The lowest BCUT2D eigenvalue weighted by molar-refractivity contribution is -0.141. The van der Waals surface area contributed by atoms with Crippen LogP contribution >= 0.6 is 0 Å². The summed E-state index contributed by atoms with van der Waals surface area (Å²) in [4.78, 5) is 10.4. The second-order valence-electron chi connectivity index (χ2n) is 2.92. The number of aliphatic carboxylic acids is 1. The van der Waals surface area contributed by atoms with Gasteiger partial charge in [-0.3, -0.25) is 4.79 Å². The molecule has 0 aliphatic heterocycles. The van der Waals surface area contributed by atoms with E-state index in [9.17, 15) is 13.2 Å². The van der Waals surface area contributed by atoms with Gasteiger partial charge >= 0.3 is 5.97 Å². The SMILES string of the molecule is CCNS(=O)(=O)NCCC(C)C(=O)O. The number of hydrogen-bond donors (Lipinski definition) is 3. The van der Waals surface area contributed by atoms with Crippen molar-refractivity contribution in [3.63, 3.8) is 0 Å². The van der Waals surface area contributed by atoms with Gasteiger partial charge in [-0.25, -0.2) is 9.44 Å². The topological polar surface area (TPSA) is 95.5 Å². The second kappa shape index (κ2) is 5.94. The molecule has 0 saturated heterocycles. The molecule has 0 aromatic carbocycles. The van der Waals surface area contributed by atoms with Crippen LogP contribution in [0.2, 0.25) is 0 Å². The lowest BCUT2D eigenvalue weighted by Gasteiger charge is -2.08. The van der Waals surface area contributed by atoms with Gasteiger partial charge in [0.25, 0.3) is 10.2 Å². The Hall–Kier alpha value is -0.660. The molecule has 3 N–H and O–H groups in total. The molecule has 0 saturated carbocycles. The lowest BCUT2D eigenvalue weighted by Crippen LogP contribution is -2.37. The van der Waals surface area contributed by atoms with Crippen molar-refractivity contribution in [3.8, 4) is 0 Å². The van der Waals surface area contributed by atoms with E-state index in [-0.39, 0.29) is 13.0 Å². The summed E-state index contributed by atoms with van der Waals surface area (Å²) in [6, 6.07) is 0. The maximum Gasteiger partial charge on any atom is 0.306 e. The van der Waals surface area contributed by atoms with Gasteiger partial charge in [-0.2, -0.15) is 8.42 Å². The number of carbonyl (C=O) groups is 1. The Balaban J connectivity index is 3.79. The van der Waals surface area contributed by atoms with Gasteiger partial charge in [-0.1, -0.05) is 13.8 Å². The van der Waals surface area contributed by atoms with Crippen LogP contribution in [0.4, 0.5) is 0 Å². The minimum Gasteiger partial charge on any atom is -0.481 e. The van der Waals surface area contributed by atoms with Crippen LogP contribution in [0.5, 0.6) is 0 Å². The van der Waals surface area contributed by atoms with Crippen molar-refractivity contribution in [2.45, 2.75) is 20.3 Å². The Kier molecular flexibility index (Phi) is 5.66. The summed E-state index contributed by atoms with van der Waals surface area (Å²) in [6.07, 6.45) is 0.278. The highest BCUT2D eigenvalue weighted by Crippen LogP contribution is 1.99. The molecule has 0 rings (SSSR count). The van der Waals surface area contributed by atoms with E-state index in [2.05, 4.69) is 9.44 Å². The number of carboxylic acids is 1. The van der Waals surface area contributed by atoms with Crippen LogP contribution < -0.4 is 9.44 Å². The fourth-order valence-corrected chi connectivity index (χ4v) is 1.64. The van der Waals surface area contributed by atoms with Crippen LogP contribution in [-0.2, 0) is 15.0 Å². The Morgan fingerprint density at radius 2 is 2.00 bits per heavy atom. The van der Waals surface area contributed by atoms with E-state index in [4.69, 9.17) is 5.11 Å². The number of carboxylic acid groups (broad SMARTS) is 1. The third kappa shape index (κ3) is 5.90. The molecule has 1 atom stereocenters. The molecule has 0 bridgehead atoms. The molecule has 14 heavy (non-hydrogen) atoms. The van der Waals surface area contributed by atoms with Gasteiger partial charge in [0.15, 0.2) is 0 Å². The zero-order valence-electron chi connectivity index (χ0n) is 8.28. The maximum atomic E-state index is 11.0. The molecule has 0 heterocycles. The third-order valence-electron chi connectivity index (χ3n) is 1.63. The molecule has 84 valence electrons. The van der Waals surface area contributed by atoms with Crippen LogP contribution in [0, 0.1) is 5.92 Å². The smallest absolute Gasteiger partial charge is 0.306 e. The largest absolute Gasteiger partial charge is 0.481 e. The zero-order chi connectivity index (χ0) is 11.2. The van der Waals surface area contributed by atoms with Gasteiger partial charge < -0.3 is 5.11 Å². The quantitative estimate of drug-likeness (QED) is 0.545. The molecule has 0 amide bonds. The fraction of sp³-hybridized carbons (Fsp3) is 0.857. The van der Waals surface area contributed by atoms with Crippen molar-refractivity contribution in [1.82, 2.24) is 9.44 Å². The summed E-state index contributed by atoms with van der Waals surface area (Å²) in [5.74, 6) is -1.47. The van der Waals surface area contributed by atoms with Crippen molar-refractivity contribution in [2.75, 3.05) is 13.1 Å². The van der Waals surface area contributed by atoms with Crippen molar-refractivity contribution in [2.24, 2.45) is 5.92 Å². The highest BCUT2D eigenvalue weighted by molar-refractivity contribution is 7.87. The van der Waals surface area contributed by atoms with Crippen molar-refractivity contribution in [1.29, 1.82) is 0 Å². The van der Waals surface area contributed by atoms with Crippen LogP contribution in [0.1, 0.15) is 20.3 Å². The molecule has 0 fully saturated rings. The molecule has 0 aliphatic carbocycles. The van der Waals surface area contributed by atoms with E-state index >= 15 is 0 Å². The predicted molar refractivity (Wildman–Crippen MR) is 52.0 cm³/mol. The van der Waals surface area contributed by atoms with E-state index in [1.807, 2.05) is 0 Å². The Labute approximate surface area is 83.9 Å². The van der Waals surface area contributed by atoms with Gasteiger partial charge in [-0.15, -0.1) is 0 Å². The number of rotatable bonds is 7. The minimum atomic E-state index is -3.45. The predicted octanol–water partition coefficient (Wildman–Crippen LogP) is -0.459. The molecule has 0 radical (unpaired) electrons. The molecule has 0 aliphatic rings. The minimum absolute atomic E-state index is 0.128. The Bertz CT molecular complexity index is 275. The molecule has 0 aromatic rings. The van der Waals surface area contributed by atoms with Crippen LogP contribution in [0.25, 0.3) is 0 Å². The molecule has 7 heteroatoms. The van der Waals surface area contributed by atoms with Gasteiger partial charge in [-0.05, 0) is 6.42 Å². The summed E-state index contributed by atoms with van der Waals surface area (Å²) >= 11 is 0. The normalized spacial score (nSPS) is 13.9. The number of hydrogen-bond acceptors (Lipinski definition) is 3. The molecule has 1 unspecified atom stereocenters. The highest BCUT2D eigenvalue weighted by atomic mass is 32.2. The van der Waals surface area contributed by atoms with Crippen molar-refractivity contribution >= 4 is 16.2 Å². The standard InChI is InChI=1S/C7H16N2O4S/c1-3-8-14(12,13)9-5-4-6(2)7(10)11/h6,8-9H,3-5H2,1-2H3,(H,10,11). The number of nitrogens with one attached hydrogen (secondary N) is 2. The summed E-state index contributed by atoms with van der Waals surface area (Å²) in [6.45, 7) is 3.63. The van der Waals surface area contributed by atoms with E-state index in [1.54, 1.807) is 6.92 Å². The van der Waals surface area contributed by atoms with E-state index in [0.717, 1.165) is 0 Å². The monoisotopic (exact) mass is 224 g/mol. The van der Waals surface area contributed by atoms with E-state index in [0.29, 0.717) is 6.54 Å². The van der Waals surface area contributed by atoms with Crippen LogP contribution in [-0.4, -0.2) is 32.6 Å². The van der Waals surface area contributed by atoms with Crippen molar-refractivity contribution in [3.05, 3.63) is 0 Å². The first-order chi connectivity index (χ1) is 6.39. The summed E-state index contributed by atoms with van der Waals surface area (Å²) in [7, 11) is -3.45. The average molecular weight is 224 g/mol. The van der Waals surface area contributed by atoms with Crippen molar-refractivity contribution < 1.29 is 18.3 Å². The zero-order valence-corrected chi connectivity index (χ0v) is 9.10. The van der Waals surface area contributed by atoms with Crippen LogP contribution in [0.3, 0.4) is 0 Å². The molecule has 0 spiro atoms. The van der Waals surface area contributed by atoms with Gasteiger partial charge in [0, 0.05) is 13.1 Å². The van der Waals surface area contributed by atoms with E-state index < -0.39 is 22.1 Å². The lowest BCUT2D eigenvalue weighted by atomic mass is 10.1. The van der Waals surface area contributed by atoms with E-state index in [1.165, 1.54) is 6.92 Å². The Morgan fingerprint density at radius 3 is 2.43 bits per heavy atom. The maximum absolute atomic E-state index is 11.0. The third-order valence-corrected chi connectivity index (χ3v) is 2.88. The molecular weight excluding hydrogens is 208 g/mol. The molecule has 6 nitrogen and oxygen atoms in total. The Morgan fingerprint density at radius 1 is 1.43 bits per heavy atom. The highest BCUT2D eigenvalue weighted by Gasteiger charge is 2.12. The average Bonchev–Trinajstić information content (AvgIpc) is 2.03. The van der Waals surface area contributed by atoms with Gasteiger partial charge in [0.05, 0.1) is 5.92 Å². The summed E-state index contributed by atoms with van der Waals surface area (Å²) in [5, 5.41) is 8.52. The summed E-state index contributed by atoms with van der Waals surface area (Å²) < 4.78 is 26.5. The first-order valence-corrected chi connectivity index (χ1v) is 5.84. The van der Waals surface area contributed by atoms with Gasteiger partial charge in [0.1, 0.15) is 0 Å². The fourth-order valence-electron chi connectivity index (χ4n) is 0.774. The van der Waals surface area contributed by atoms with Gasteiger partial charge in [0.2, 0.25) is 0 Å².